The Balaban J connectivity index is 3.28. The van der Waals surface area contributed by atoms with Crippen LogP contribution in [0, 0.1) is 24.0 Å². The molecule has 1 aromatic carbocycles. The number of nitro groups is 1. The van der Waals surface area contributed by atoms with Crippen LogP contribution in [-0.2, 0) is 14.8 Å². The van der Waals surface area contributed by atoms with Crippen molar-refractivity contribution in [2.24, 2.45) is 0 Å². The molecule has 104 valence electrons. The average molecular weight is 288 g/mol. The van der Waals surface area contributed by atoms with Gasteiger partial charge in [-0.3, -0.25) is 14.9 Å². The molecular formula is C10H12N2O6S. The Morgan fingerprint density at radius 2 is 1.84 bits per heavy atom. The van der Waals surface area contributed by atoms with Gasteiger partial charge in [0.25, 0.3) is 5.69 Å². The molecule has 0 spiro atoms. The summed E-state index contributed by atoms with van der Waals surface area (Å²) in [5.74, 6) is -1.32. The van der Waals surface area contributed by atoms with Gasteiger partial charge in [-0.15, -0.1) is 0 Å². The fourth-order valence-electron chi connectivity index (χ4n) is 1.69. The number of rotatable bonds is 5. The molecule has 0 radical (unpaired) electrons. The van der Waals surface area contributed by atoms with Crippen molar-refractivity contribution in [1.29, 1.82) is 0 Å². The second-order valence-electron chi connectivity index (χ2n) is 3.88. The number of hydrogen-bond acceptors (Lipinski definition) is 5. The summed E-state index contributed by atoms with van der Waals surface area (Å²) in [4.78, 5) is 20.3. The van der Waals surface area contributed by atoms with Gasteiger partial charge in [-0.05, 0) is 25.0 Å². The third kappa shape index (κ3) is 3.48. The summed E-state index contributed by atoms with van der Waals surface area (Å²) >= 11 is 0. The highest BCUT2D eigenvalue weighted by molar-refractivity contribution is 7.89. The third-order valence-electron chi connectivity index (χ3n) is 2.34. The summed E-state index contributed by atoms with van der Waals surface area (Å²) in [6.45, 7) is 2.07. The van der Waals surface area contributed by atoms with Gasteiger partial charge in [-0.25, -0.2) is 8.42 Å². The average Bonchev–Trinajstić information content (AvgIpc) is 2.25. The minimum atomic E-state index is -4.01. The normalized spacial score (nSPS) is 11.3. The predicted molar refractivity (Wildman–Crippen MR) is 65.4 cm³/mol. The first-order valence-electron chi connectivity index (χ1n) is 5.12. The first-order valence-corrected chi connectivity index (χ1v) is 6.60. The topological polar surface area (TPSA) is 127 Å². The van der Waals surface area contributed by atoms with Crippen LogP contribution in [-0.4, -0.2) is 31.0 Å². The largest absolute Gasteiger partial charge is 0.480 e. The van der Waals surface area contributed by atoms with E-state index in [9.17, 15) is 23.3 Å². The lowest BCUT2D eigenvalue weighted by atomic mass is 10.1. The molecule has 1 aromatic rings. The maximum Gasteiger partial charge on any atom is 0.318 e. The Labute approximate surface area is 109 Å². The minimum Gasteiger partial charge on any atom is -0.480 e. The Morgan fingerprint density at radius 1 is 1.37 bits per heavy atom. The van der Waals surface area contributed by atoms with Crippen molar-refractivity contribution in [1.82, 2.24) is 4.72 Å². The van der Waals surface area contributed by atoms with Crippen LogP contribution in [0.5, 0.6) is 0 Å². The van der Waals surface area contributed by atoms with E-state index >= 15 is 0 Å². The molecule has 0 amide bonds. The number of aliphatic carboxylic acids is 1. The predicted octanol–water partition coefficient (Wildman–Crippen LogP) is 0.575. The molecule has 9 heteroatoms. The molecule has 1 rings (SSSR count). The van der Waals surface area contributed by atoms with Crippen LogP contribution in [0.3, 0.4) is 0 Å². The lowest BCUT2D eigenvalue weighted by molar-refractivity contribution is -0.385. The van der Waals surface area contributed by atoms with Crippen molar-refractivity contribution in [3.05, 3.63) is 33.4 Å². The lowest BCUT2D eigenvalue weighted by Gasteiger charge is -2.10. The van der Waals surface area contributed by atoms with Gasteiger partial charge in [0.1, 0.15) is 6.54 Å². The number of nitrogens with one attached hydrogen (secondary N) is 1. The van der Waals surface area contributed by atoms with Crippen molar-refractivity contribution in [2.45, 2.75) is 18.7 Å². The molecule has 0 heterocycles. The molecule has 0 saturated carbocycles. The smallest absolute Gasteiger partial charge is 0.318 e. The molecule has 8 nitrogen and oxygen atoms in total. The van der Waals surface area contributed by atoms with Crippen molar-refractivity contribution in [3.8, 4) is 0 Å². The standard InChI is InChI=1S/C10H12N2O6S/c1-6-3-8(12(15)16)4-7(2)10(6)19(17,18)11-5-9(13)14/h3-4,11H,5H2,1-2H3,(H,13,14). The van der Waals surface area contributed by atoms with E-state index in [0.29, 0.717) is 0 Å². The van der Waals surface area contributed by atoms with Gasteiger partial charge in [0, 0.05) is 12.1 Å². The van der Waals surface area contributed by atoms with Crippen molar-refractivity contribution >= 4 is 21.7 Å². The number of benzene rings is 1. The summed E-state index contributed by atoms with van der Waals surface area (Å²) in [6.07, 6.45) is 0. The number of nitrogens with zero attached hydrogens (tertiary/aromatic N) is 1. The minimum absolute atomic E-state index is 0.139. The van der Waals surface area contributed by atoms with E-state index in [1.165, 1.54) is 13.8 Å². The summed E-state index contributed by atoms with van der Waals surface area (Å²) < 4.78 is 25.7. The van der Waals surface area contributed by atoms with Crippen LogP contribution >= 0.6 is 0 Å². The maximum atomic E-state index is 11.9. The number of carboxylic acids is 1. The Hall–Kier alpha value is -2.00. The number of hydrogen-bond donors (Lipinski definition) is 2. The van der Waals surface area contributed by atoms with Crippen LogP contribution in [0.1, 0.15) is 11.1 Å². The van der Waals surface area contributed by atoms with Gasteiger partial charge in [0.15, 0.2) is 0 Å². The van der Waals surface area contributed by atoms with Crippen molar-refractivity contribution in [3.63, 3.8) is 0 Å². The van der Waals surface area contributed by atoms with E-state index in [-0.39, 0.29) is 21.7 Å². The van der Waals surface area contributed by atoms with Crippen LogP contribution in [0.25, 0.3) is 0 Å². The molecule has 19 heavy (non-hydrogen) atoms. The van der Waals surface area contributed by atoms with E-state index in [1.807, 2.05) is 4.72 Å². The number of non-ortho nitro benzene ring substituents is 1. The van der Waals surface area contributed by atoms with Crippen LogP contribution in [0.4, 0.5) is 5.69 Å². The number of sulfonamides is 1. The third-order valence-corrected chi connectivity index (χ3v) is 4.04. The Bertz CT molecular complexity index is 614. The lowest BCUT2D eigenvalue weighted by Crippen LogP contribution is -2.30. The monoisotopic (exact) mass is 288 g/mol. The van der Waals surface area contributed by atoms with Gasteiger partial charge < -0.3 is 5.11 Å². The molecule has 0 aliphatic heterocycles. The first-order chi connectivity index (χ1) is 8.65. The van der Waals surface area contributed by atoms with E-state index in [1.54, 1.807) is 0 Å². The van der Waals surface area contributed by atoms with Gasteiger partial charge in [0.05, 0.1) is 9.82 Å². The summed E-state index contributed by atoms with van der Waals surface area (Å²) in [6, 6.07) is 2.25. The molecule has 0 fully saturated rings. The second-order valence-corrected chi connectivity index (χ2v) is 5.59. The summed E-state index contributed by atoms with van der Waals surface area (Å²) in [5.41, 5.74) is 0.154. The number of nitro benzene ring substituents is 1. The zero-order chi connectivity index (χ0) is 14.8. The van der Waals surface area contributed by atoms with Crippen LogP contribution in [0.15, 0.2) is 17.0 Å². The molecule has 0 saturated heterocycles. The van der Waals surface area contributed by atoms with Crippen molar-refractivity contribution in [2.75, 3.05) is 6.54 Å². The number of carbonyl (C=O) groups is 1. The van der Waals surface area contributed by atoms with Gasteiger partial charge >= 0.3 is 5.97 Å². The highest BCUT2D eigenvalue weighted by Gasteiger charge is 2.23. The number of carboxylic acid groups (broad SMARTS) is 1. The van der Waals surface area contributed by atoms with Crippen LogP contribution in [0.2, 0.25) is 0 Å². The van der Waals surface area contributed by atoms with Crippen LogP contribution < -0.4 is 4.72 Å². The second kappa shape index (κ2) is 5.33. The van der Waals surface area contributed by atoms with E-state index in [0.717, 1.165) is 12.1 Å². The fraction of sp³-hybridized carbons (Fsp3) is 0.300. The van der Waals surface area contributed by atoms with E-state index in [4.69, 9.17) is 5.11 Å². The molecule has 0 aromatic heterocycles. The Morgan fingerprint density at radius 3 is 2.21 bits per heavy atom. The van der Waals surface area contributed by atoms with E-state index in [2.05, 4.69) is 0 Å². The van der Waals surface area contributed by atoms with Gasteiger partial charge in [0.2, 0.25) is 10.0 Å². The SMILES string of the molecule is Cc1cc([N+](=O)[O-])cc(C)c1S(=O)(=O)NCC(=O)O. The zero-order valence-corrected chi connectivity index (χ0v) is 11.0. The molecule has 0 aliphatic rings. The quantitative estimate of drug-likeness (QED) is 0.602. The van der Waals surface area contributed by atoms with Crippen molar-refractivity contribution < 1.29 is 23.2 Å². The molecule has 2 N–H and O–H groups in total. The highest BCUT2D eigenvalue weighted by atomic mass is 32.2. The fourth-order valence-corrected chi connectivity index (χ4v) is 3.11. The summed E-state index contributed by atoms with van der Waals surface area (Å²) in [5, 5.41) is 19.1. The molecule has 0 bridgehead atoms. The first kappa shape index (κ1) is 15.1. The highest BCUT2D eigenvalue weighted by Crippen LogP contribution is 2.25. The number of aryl methyl sites for hydroxylation is 2. The van der Waals surface area contributed by atoms with Gasteiger partial charge in [-0.2, -0.15) is 4.72 Å². The van der Waals surface area contributed by atoms with Gasteiger partial charge in [-0.1, -0.05) is 0 Å². The zero-order valence-electron chi connectivity index (χ0n) is 10.2. The maximum absolute atomic E-state index is 11.9. The Kier molecular flexibility index (Phi) is 4.22. The molecular weight excluding hydrogens is 276 g/mol. The molecule has 0 aliphatic carbocycles. The molecule has 0 atom stereocenters. The molecule has 0 unspecified atom stereocenters. The van der Waals surface area contributed by atoms with E-state index < -0.39 is 27.5 Å². The summed E-state index contributed by atoms with van der Waals surface area (Å²) in [7, 11) is -4.01.